The molecule has 0 aromatic heterocycles. The molecule has 0 saturated heterocycles. The Morgan fingerprint density at radius 3 is 2.81 bits per heavy atom. The van der Waals surface area contributed by atoms with Crippen LogP contribution >= 0.6 is 11.8 Å². The molecule has 3 heteroatoms. The van der Waals surface area contributed by atoms with Gasteiger partial charge in [-0.15, -0.1) is 11.8 Å². The number of halogens is 1. The van der Waals surface area contributed by atoms with Gasteiger partial charge in [0.15, 0.2) is 0 Å². The summed E-state index contributed by atoms with van der Waals surface area (Å²) in [4.78, 5) is 1.01. The Bertz CT molecular complexity index is 302. The number of hydrogen-bond acceptors (Lipinski definition) is 2. The Labute approximate surface area is 102 Å². The minimum Gasteiger partial charge on any atom is -0.316 e. The van der Waals surface area contributed by atoms with Crippen LogP contribution in [0.1, 0.15) is 20.3 Å². The zero-order chi connectivity index (χ0) is 11.8. The number of benzene rings is 1. The highest BCUT2D eigenvalue weighted by Gasteiger charge is 1.96. The van der Waals surface area contributed by atoms with E-state index in [1.807, 2.05) is 6.07 Å². The van der Waals surface area contributed by atoms with Gasteiger partial charge in [0.2, 0.25) is 0 Å². The molecule has 1 N–H and O–H groups in total. The van der Waals surface area contributed by atoms with Gasteiger partial charge in [-0.1, -0.05) is 19.9 Å². The van der Waals surface area contributed by atoms with Gasteiger partial charge in [0.1, 0.15) is 5.82 Å². The number of rotatable bonds is 7. The maximum Gasteiger partial charge on any atom is 0.124 e. The highest BCUT2D eigenvalue weighted by atomic mass is 32.2. The number of hydrogen-bond donors (Lipinski definition) is 1. The first kappa shape index (κ1) is 13.5. The van der Waals surface area contributed by atoms with Crippen LogP contribution in [0.5, 0.6) is 0 Å². The van der Waals surface area contributed by atoms with Gasteiger partial charge >= 0.3 is 0 Å². The number of nitrogens with one attached hydrogen (secondary N) is 1. The molecular formula is C13H20FNS. The van der Waals surface area contributed by atoms with Gasteiger partial charge in [-0.3, -0.25) is 0 Å². The molecule has 0 unspecified atom stereocenters. The lowest BCUT2D eigenvalue weighted by Crippen LogP contribution is -2.19. The molecule has 1 rings (SSSR count). The second-order valence-corrected chi connectivity index (χ2v) is 5.41. The normalized spacial score (nSPS) is 11.0. The summed E-state index contributed by atoms with van der Waals surface area (Å²) in [5.74, 6) is 1.59. The van der Waals surface area contributed by atoms with Crippen LogP contribution in [0.3, 0.4) is 0 Å². The lowest BCUT2D eigenvalue weighted by molar-refractivity contribution is 0.547. The van der Waals surface area contributed by atoms with Gasteiger partial charge in [0.05, 0.1) is 0 Å². The molecule has 0 radical (unpaired) electrons. The second-order valence-electron chi connectivity index (χ2n) is 4.24. The van der Waals surface area contributed by atoms with Gasteiger partial charge in [-0.05, 0) is 37.1 Å². The maximum atomic E-state index is 12.9. The van der Waals surface area contributed by atoms with Crippen LogP contribution in [0, 0.1) is 11.7 Å². The first-order valence-corrected chi connectivity index (χ1v) is 6.76. The lowest BCUT2D eigenvalue weighted by atomic mass is 10.1. The predicted molar refractivity (Wildman–Crippen MR) is 69.4 cm³/mol. The van der Waals surface area contributed by atoms with Crippen LogP contribution in [-0.2, 0) is 0 Å². The van der Waals surface area contributed by atoms with Crippen LogP contribution in [0.25, 0.3) is 0 Å². The minimum atomic E-state index is -0.155. The Morgan fingerprint density at radius 2 is 2.12 bits per heavy atom. The lowest BCUT2D eigenvalue weighted by Gasteiger charge is -2.06. The third-order valence-corrected chi connectivity index (χ3v) is 3.24. The SMILES string of the molecule is CC(C)CCNCCSc1cccc(F)c1. The molecule has 0 aliphatic carbocycles. The fourth-order valence-electron chi connectivity index (χ4n) is 1.31. The summed E-state index contributed by atoms with van der Waals surface area (Å²) in [6.07, 6.45) is 1.21. The first-order valence-electron chi connectivity index (χ1n) is 5.77. The summed E-state index contributed by atoms with van der Waals surface area (Å²) in [6.45, 7) is 6.50. The Kier molecular flexibility index (Phi) is 6.50. The van der Waals surface area contributed by atoms with Crippen molar-refractivity contribution in [2.24, 2.45) is 5.92 Å². The highest BCUT2D eigenvalue weighted by Crippen LogP contribution is 2.17. The molecule has 1 aromatic rings. The molecule has 0 heterocycles. The molecule has 90 valence electrons. The van der Waals surface area contributed by atoms with Crippen molar-refractivity contribution in [1.29, 1.82) is 0 Å². The average molecular weight is 241 g/mol. The van der Waals surface area contributed by atoms with E-state index < -0.39 is 0 Å². The molecule has 1 aromatic carbocycles. The van der Waals surface area contributed by atoms with Crippen LogP contribution < -0.4 is 5.32 Å². The monoisotopic (exact) mass is 241 g/mol. The van der Waals surface area contributed by atoms with Crippen molar-refractivity contribution in [2.45, 2.75) is 25.2 Å². The minimum absolute atomic E-state index is 0.155. The van der Waals surface area contributed by atoms with Crippen molar-refractivity contribution in [3.05, 3.63) is 30.1 Å². The van der Waals surface area contributed by atoms with E-state index in [-0.39, 0.29) is 5.82 Å². The van der Waals surface area contributed by atoms with E-state index in [1.165, 1.54) is 12.5 Å². The first-order chi connectivity index (χ1) is 7.68. The van der Waals surface area contributed by atoms with Crippen LogP contribution in [0.4, 0.5) is 4.39 Å². The molecular weight excluding hydrogens is 221 g/mol. The molecule has 0 bridgehead atoms. The summed E-state index contributed by atoms with van der Waals surface area (Å²) >= 11 is 1.69. The molecule has 0 aliphatic rings. The summed E-state index contributed by atoms with van der Waals surface area (Å²) < 4.78 is 12.9. The standard InChI is InChI=1S/C13H20FNS/c1-11(2)6-7-15-8-9-16-13-5-3-4-12(14)10-13/h3-5,10-11,15H,6-9H2,1-2H3. The second kappa shape index (κ2) is 7.69. The molecule has 0 saturated carbocycles. The van der Waals surface area contributed by atoms with Gasteiger partial charge < -0.3 is 5.32 Å². The zero-order valence-corrected chi connectivity index (χ0v) is 10.8. The topological polar surface area (TPSA) is 12.0 Å². The van der Waals surface area contributed by atoms with Crippen LogP contribution in [0.2, 0.25) is 0 Å². The van der Waals surface area contributed by atoms with Crippen molar-refractivity contribution in [3.8, 4) is 0 Å². The third kappa shape index (κ3) is 6.13. The molecule has 16 heavy (non-hydrogen) atoms. The zero-order valence-electron chi connectivity index (χ0n) is 10.0. The quantitative estimate of drug-likeness (QED) is 0.579. The Morgan fingerprint density at radius 1 is 1.31 bits per heavy atom. The van der Waals surface area contributed by atoms with E-state index in [9.17, 15) is 4.39 Å². The van der Waals surface area contributed by atoms with Crippen molar-refractivity contribution in [2.75, 3.05) is 18.8 Å². The van der Waals surface area contributed by atoms with E-state index in [4.69, 9.17) is 0 Å². The third-order valence-electron chi connectivity index (χ3n) is 2.24. The van der Waals surface area contributed by atoms with E-state index in [0.29, 0.717) is 0 Å². The highest BCUT2D eigenvalue weighted by molar-refractivity contribution is 7.99. The van der Waals surface area contributed by atoms with Gasteiger partial charge in [-0.25, -0.2) is 4.39 Å². The maximum absolute atomic E-state index is 12.9. The van der Waals surface area contributed by atoms with Gasteiger partial charge in [0.25, 0.3) is 0 Å². The molecule has 0 spiro atoms. The summed E-state index contributed by atoms with van der Waals surface area (Å²) in [5, 5.41) is 3.39. The Balaban J connectivity index is 2.07. The van der Waals surface area contributed by atoms with Crippen molar-refractivity contribution in [3.63, 3.8) is 0 Å². The van der Waals surface area contributed by atoms with Crippen molar-refractivity contribution < 1.29 is 4.39 Å². The molecule has 0 aliphatic heterocycles. The molecule has 1 nitrogen and oxygen atoms in total. The van der Waals surface area contributed by atoms with E-state index >= 15 is 0 Å². The molecule has 0 amide bonds. The average Bonchev–Trinajstić information content (AvgIpc) is 2.23. The summed E-state index contributed by atoms with van der Waals surface area (Å²) in [6, 6.07) is 6.76. The molecule has 0 fully saturated rings. The predicted octanol–water partition coefficient (Wildman–Crippen LogP) is 3.55. The van der Waals surface area contributed by atoms with Crippen LogP contribution in [0.15, 0.2) is 29.2 Å². The fraction of sp³-hybridized carbons (Fsp3) is 0.538. The smallest absolute Gasteiger partial charge is 0.124 e. The van der Waals surface area contributed by atoms with E-state index in [2.05, 4.69) is 19.2 Å². The van der Waals surface area contributed by atoms with Crippen LogP contribution in [-0.4, -0.2) is 18.8 Å². The largest absolute Gasteiger partial charge is 0.316 e. The van der Waals surface area contributed by atoms with E-state index in [1.54, 1.807) is 23.9 Å². The summed E-state index contributed by atoms with van der Waals surface area (Å²) in [5.41, 5.74) is 0. The van der Waals surface area contributed by atoms with Crippen molar-refractivity contribution in [1.82, 2.24) is 5.32 Å². The van der Waals surface area contributed by atoms with Gasteiger partial charge in [0, 0.05) is 17.2 Å². The Hall–Kier alpha value is -0.540. The molecule has 0 atom stereocenters. The van der Waals surface area contributed by atoms with Crippen molar-refractivity contribution >= 4 is 11.8 Å². The van der Waals surface area contributed by atoms with E-state index in [0.717, 1.165) is 29.7 Å². The van der Waals surface area contributed by atoms with Gasteiger partial charge in [-0.2, -0.15) is 0 Å². The number of thioether (sulfide) groups is 1. The fourth-order valence-corrected chi connectivity index (χ4v) is 2.17. The summed E-state index contributed by atoms with van der Waals surface area (Å²) in [7, 11) is 0.